The first kappa shape index (κ1) is 23.5. The molecule has 36 heavy (non-hydrogen) atoms. The van der Waals surface area contributed by atoms with Crippen molar-refractivity contribution >= 4 is 17.5 Å². The fraction of sp³-hybridized carbons (Fsp3) is 0.241. The average molecular weight is 481 g/mol. The maximum Gasteiger partial charge on any atom is 0.255 e. The molecule has 5 rings (SSSR count). The number of nitrogens with one attached hydrogen (secondary N) is 2. The van der Waals surface area contributed by atoms with Crippen LogP contribution in [0.1, 0.15) is 48.4 Å². The van der Waals surface area contributed by atoms with Gasteiger partial charge >= 0.3 is 0 Å². The van der Waals surface area contributed by atoms with E-state index in [-0.39, 0.29) is 17.6 Å². The lowest BCUT2D eigenvalue weighted by Gasteiger charge is -2.36. The van der Waals surface area contributed by atoms with Crippen molar-refractivity contribution in [2.75, 3.05) is 12.4 Å². The van der Waals surface area contributed by atoms with E-state index >= 15 is 0 Å². The first-order valence-corrected chi connectivity index (χ1v) is 12.0. The minimum Gasteiger partial charge on any atom is -0.497 e. The highest BCUT2D eigenvalue weighted by atomic mass is 16.5. The number of dihydropyridines is 1. The van der Waals surface area contributed by atoms with Crippen LogP contribution in [0.4, 0.5) is 5.82 Å². The van der Waals surface area contributed by atoms with Crippen LogP contribution in [0.25, 0.3) is 0 Å². The second-order valence-corrected chi connectivity index (χ2v) is 9.22. The number of ketones is 1. The number of pyridine rings is 2. The Kier molecular flexibility index (Phi) is 6.38. The second-order valence-electron chi connectivity index (χ2n) is 9.22. The van der Waals surface area contributed by atoms with Crippen molar-refractivity contribution in [3.8, 4) is 5.75 Å². The number of hydrogen-bond acceptors (Lipinski definition) is 6. The Morgan fingerprint density at radius 1 is 1.03 bits per heavy atom. The highest BCUT2D eigenvalue weighted by molar-refractivity contribution is 6.09. The number of allylic oxidation sites excluding steroid dienone is 3. The molecule has 0 spiro atoms. The van der Waals surface area contributed by atoms with Crippen molar-refractivity contribution in [1.29, 1.82) is 0 Å². The Morgan fingerprint density at radius 3 is 2.50 bits per heavy atom. The number of nitrogens with zero attached hydrogens (tertiary/aromatic N) is 2. The topological polar surface area (TPSA) is 93.2 Å². The summed E-state index contributed by atoms with van der Waals surface area (Å²) in [7, 11) is 1.64. The van der Waals surface area contributed by atoms with E-state index in [9.17, 15) is 9.59 Å². The maximum absolute atomic E-state index is 13.7. The molecule has 1 amide bonds. The number of rotatable bonds is 5. The van der Waals surface area contributed by atoms with E-state index in [1.54, 1.807) is 25.6 Å². The summed E-state index contributed by atoms with van der Waals surface area (Å²) < 4.78 is 5.28. The summed E-state index contributed by atoms with van der Waals surface area (Å²) in [6, 6.07) is 17.1. The van der Waals surface area contributed by atoms with Gasteiger partial charge in [-0.15, -0.1) is 0 Å². The Balaban J connectivity index is 1.51. The summed E-state index contributed by atoms with van der Waals surface area (Å²) >= 11 is 0. The number of Topliss-reactive ketones (excluding diaryl/α,β-unsaturated/α-hetero) is 1. The van der Waals surface area contributed by atoms with Crippen molar-refractivity contribution < 1.29 is 14.3 Å². The number of carbonyl (C=O) groups is 2. The number of ether oxygens (including phenoxy) is 1. The van der Waals surface area contributed by atoms with Gasteiger partial charge in [-0.1, -0.05) is 24.3 Å². The van der Waals surface area contributed by atoms with Crippen LogP contribution in [0.2, 0.25) is 0 Å². The van der Waals surface area contributed by atoms with Crippen molar-refractivity contribution in [3.05, 3.63) is 106 Å². The van der Waals surface area contributed by atoms with Crippen LogP contribution < -0.4 is 15.4 Å². The van der Waals surface area contributed by atoms with Gasteiger partial charge in [0.25, 0.3) is 5.91 Å². The van der Waals surface area contributed by atoms with Gasteiger partial charge in [0.2, 0.25) is 0 Å². The molecule has 0 bridgehead atoms. The molecule has 0 unspecified atom stereocenters. The minimum atomic E-state index is -0.558. The molecule has 3 aromatic rings. The minimum absolute atomic E-state index is 0.0199. The van der Waals surface area contributed by atoms with Crippen molar-refractivity contribution in [2.45, 2.75) is 38.5 Å². The molecule has 0 radical (unpaired) electrons. The Morgan fingerprint density at radius 2 is 1.83 bits per heavy atom. The molecule has 0 fully saturated rings. The quantitative estimate of drug-likeness (QED) is 0.545. The molecule has 0 saturated heterocycles. The molecule has 7 heteroatoms. The number of aryl methyl sites for hydroxylation is 1. The summed E-state index contributed by atoms with van der Waals surface area (Å²) in [6.45, 7) is 3.81. The third-order valence-electron chi connectivity index (χ3n) is 6.80. The van der Waals surface area contributed by atoms with Crippen LogP contribution in [0.5, 0.6) is 5.75 Å². The molecule has 2 aliphatic rings. The smallest absolute Gasteiger partial charge is 0.255 e. The van der Waals surface area contributed by atoms with Gasteiger partial charge in [0.15, 0.2) is 5.78 Å². The molecule has 2 atom stereocenters. The molecule has 0 saturated carbocycles. The number of methoxy groups -OCH3 is 1. The fourth-order valence-corrected chi connectivity index (χ4v) is 5.02. The number of amides is 1. The van der Waals surface area contributed by atoms with Crippen LogP contribution in [0.3, 0.4) is 0 Å². The van der Waals surface area contributed by atoms with Crippen molar-refractivity contribution in [1.82, 2.24) is 15.3 Å². The lowest BCUT2D eigenvalue weighted by molar-refractivity contribution is -0.116. The Hall–Kier alpha value is -4.26. The monoisotopic (exact) mass is 480 g/mol. The van der Waals surface area contributed by atoms with Gasteiger partial charge in [0.1, 0.15) is 11.6 Å². The van der Waals surface area contributed by atoms with Gasteiger partial charge in [-0.2, -0.15) is 0 Å². The number of aromatic nitrogens is 2. The highest BCUT2D eigenvalue weighted by Gasteiger charge is 2.41. The van der Waals surface area contributed by atoms with E-state index in [1.807, 2.05) is 62.4 Å². The lowest BCUT2D eigenvalue weighted by atomic mass is 9.72. The highest BCUT2D eigenvalue weighted by Crippen LogP contribution is 2.45. The summed E-state index contributed by atoms with van der Waals surface area (Å²) in [6.07, 6.45) is 4.43. The standard InChI is InChI=1S/C29H28N4O3/c1-17-7-12-25(31-16-17)33-29(35)26-18(2)32-23-14-20(19-8-10-21(36-3)11-9-19)15-24(34)27(23)28(26)22-6-4-5-13-30-22/h4-13,16,20,28,32H,14-15H2,1-3H3,(H,31,33,35)/t20-,28+/m0/s1. The van der Waals surface area contributed by atoms with Crippen LogP contribution in [0, 0.1) is 6.92 Å². The number of hydrogen-bond donors (Lipinski definition) is 2. The maximum atomic E-state index is 13.7. The van der Waals surface area contributed by atoms with Gasteiger partial charge in [-0.05, 0) is 67.6 Å². The summed E-state index contributed by atoms with van der Waals surface area (Å²) in [5.41, 5.74) is 5.41. The average Bonchev–Trinajstić information content (AvgIpc) is 2.89. The van der Waals surface area contributed by atoms with Crippen LogP contribution in [-0.2, 0) is 9.59 Å². The van der Waals surface area contributed by atoms with Crippen LogP contribution >= 0.6 is 0 Å². The normalized spacial score (nSPS) is 19.5. The summed E-state index contributed by atoms with van der Waals surface area (Å²) in [5, 5.41) is 6.30. The Labute approximate surface area is 210 Å². The lowest BCUT2D eigenvalue weighted by Crippen LogP contribution is -2.37. The molecule has 3 heterocycles. The molecular formula is C29H28N4O3. The number of benzene rings is 1. The van der Waals surface area contributed by atoms with Crippen LogP contribution in [0.15, 0.2) is 89.5 Å². The molecule has 182 valence electrons. The predicted octanol–water partition coefficient (Wildman–Crippen LogP) is 4.79. The molecule has 1 aliphatic carbocycles. The molecule has 1 aliphatic heterocycles. The first-order valence-electron chi connectivity index (χ1n) is 12.0. The number of anilines is 1. The van der Waals surface area contributed by atoms with E-state index in [0.717, 1.165) is 22.6 Å². The zero-order valence-electron chi connectivity index (χ0n) is 20.5. The van der Waals surface area contributed by atoms with Crippen molar-refractivity contribution in [2.24, 2.45) is 0 Å². The predicted molar refractivity (Wildman–Crippen MR) is 137 cm³/mol. The molecular weight excluding hydrogens is 452 g/mol. The first-order chi connectivity index (χ1) is 17.4. The van der Waals surface area contributed by atoms with E-state index in [4.69, 9.17) is 4.74 Å². The van der Waals surface area contributed by atoms with Gasteiger partial charge < -0.3 is 15.4 Å². The van der Waals surface area contributed by atoms with Crippen LogP contribution in [-0.4, -0.2) is 28.8 Å². The summed E-state index contributed by atoms with van der Waals surface area (Å²) in [5.74, 6) is 0.440. The molecule has 7 nitrogen and oxygen atoms in total. The van der Waals surface area contributed by atoms with E-state index in [1.165, 1.54) is 0 Å². The van der Waals surface area contributed by atoms with Gasteiger partial charge in [0.05, 0.1) is 18.7 Å². The SMILES string of the molecule is COc1ccc([C@@H]2CC(=O)C3=C(C2)NC(C)=C(C(=O)Nc2ccc(C)cn2)[C@H]3c2ccccn2)cc1. The largest absolute Gasteiger partial charge is 0.497 e. The summed E-state index contributed by atoms with van der Waals surface area (Å²) in [4.78, 5) is 36.1. The molecule has 1 aromatic carbocycles. The molecule has 2 aromatic heterocycles. The van der Waals surface area contributed by atoms with E-state index in [2.05, 4.69) is 20.6 Å². The zero-order valence-corrected chi connectivity index (χ0v) is 20.5. The Bertz CT molecular complexity index is 1360. The number of carbonyl (C=O) groups excluding carboxylic acids is 2. The zero-order chi connectivity index (χ0) is 25.2. The second kappa shape index (κ2) is 9.77. The van der Waals surface area contributed by atoms with Crippen molar-refractivity contribution in [3.63, 3.8) is 0 Å². The van der Waals surface area contributed by atoms with E-state index < -0.39 is 5.92 Å². The fourth-order valence-electron chi connectivity index (χ4n) is 5.02. The third-order valence-corrected chi connectivity index (χ3v) is 6.80. The van der Waals surface area contributed by atoms with Gasteiger partial charge in [-0.3, -0.25) is 14.6 Å². The van der Waals surface area contributed by atoms with Gasteiger partial charge in [-0.25, -0.2) is 4.98 Å². The van der Waals surface area contributed by atoms with Gasteiger partial charge in [0, 0.05) is 41.4 Å². The third kappa shape index (κ3) is 4.52. The molecule has 2 N–H and O–H groups in total. The van der Waals surface area contributed by atoms with E-state index in [0.29, 0.717) is 41.2 Å².